The Morgan fingerprint density at radius 3 is 2.41 bits per heavy atom. The lowest BCUT2D eigenvalue weighted by Gasteiger charge is -2.32. The summed E-state index contributed by atoms with van der Waals surface area (Å²) in [4.78, 5) is 38.8. The highest BCUT2D eigenvalue weighted by Gasteiger charge is 2.29. The van der Waals surface area contributed by atoms with Crippen molar-refractivity contribution in [1.82, 2.24) is 10.2 Å². The first kappa shape index (κ1) is 21.3. The molecule has 3 amide bonds. The van der Waals surface area contributed by atoms with Crippen LogP contribution in [0.15, 0.2) is 24.3 Å². The zero-order valence-corrected chi connectivity index (χ0v) is 17.4. The minimum atomic E-state index is -0.126. The van der Waals surface area contributed by atoms with E-state index >= 15 is 0 Å². The highest BCUT2D eigenvalue weighted by atomic mass is 16.2. The number of carbonyl (C=O) groups is 3. The summed E-state index contributed by atoms with van der Waals surface area (Å²) in [6.45, 7) is 3.72. The summed E-state index contributed by atoms with van der Waals surface area (Å²) < 4.78 is 0. The van der Waals surface area contributed by atoms with Gasteiger partial charge >= 0.3 is 0 Å². The molecule has 1 heterocycles. The van der Waals surface area contributed by atoms with E-state index in [9.17, 15) is 14.4 Å². The van der Waals surface area contributed by atoms with Gasteiger partial charge in [-0.2, -0.15) is 0 Å². The molecule has 1 aliphatic heterocycles. The van der Waals surface area contributed by atoms with Crippen molar-refractivity contribution < 1.29 is 14.4 Å². The van der Waals surface area contributed by atoms with Gasteiger partial charge in [0.2, 0.25) is 11.8 Å². The van der Waals surface area contributed by atoms with E-state index in [2.05, 4.69) is 10.6 Å². The van der Waals surface area contributed by atoms with E-state index in [1.165, 1.54) is 32.1 Å². The highest BCUT2D eigenvalue weighted by Crippen LogP contribution is 2.24. The van der Waals surface area contributed by atoms with Crippen LogP contribution in [0.5, 0.6) is 0 Å². The van der Waals surface area contributed by atoms with Crippen LogP contribution in [0.1, 0.15) is 68.6 Å². The number of piperidine rings is 1. The summed E-state index contributed by atoms with van der Waals surface area (Å²) in [6, 6.07) is 6.97. The van der Waals surface area contributed by atoms with Crippen LogP contribution in [0.3, 0.4) is 0 Å². The van der Waals surface area contributed by atoms with Gasteiger partial charge in [-0.15, -0.1) is 0 Å². The number of benzene rings is 1. The molecule has 2 aliphatic rings. The van der Waals surface area contributed by atoms with Crippen LogP contribution in [0.4, 0.5) is 5.69 Å². The lowest BCUT2D eigenvalue weighted by molar-refractivity contribution is -0.126. The van der Waals surface area contributed by atoms with Gasteiger partial charge in [-0.05, 0) is 55.9 Å². The van der Waals surface area contributed by atoms with E-state index in [0.717, 1.165) is 19.4 Å². The molecule has 1 aromatic rings. The monoisotopic (exact) mass is 399 g/mol. The minimum absolute atomic E-state index is 0.0526. The Bertz CT molecular complexity index is 711. The Hall–Kier alpha value is -2.37. The SMILES string of the molecule is CCC(=O)Nc1ccc(C(=O)N2CCCC(C(=O)NCC3CCCCC3)C2)cc1. The topological polar surface area (TPSA) is 78.5 Å². The average molecular weight is 400 g/mol. The van der Waals surface area contributed by atoms with Gasteiger partial charge < -0.3 is 15.5 Å². The van der Waals surface area contributed by atoms with E-state index < -0.39 is 0 Å². The molecule has 0 radical (unpaired) electrons. The molecule has 1 aliphatic carbocycles. The van der Waals surface area contributed by atoms with Gasteiger partial charge in [0, 0.05) is 37.3 Å². The van der Waals surface area contributed by atoms with Crippen molar-refractivity contribution in [2.75, 3.05) is 25.0 Å². The number of nitrogens with one attached hydrogen (secondary N) is 2. The van der Waals surface area contributed by atoms with E-state index in [4.69, 9.17) is 0 Å². The molecule has 29 heavy (non-hydrogen) atoms. The summed E-state index contributed by atoms with van der Waals surface area (Å²) in [5.74, 6) is 0.469. The number of nitrogens with zero attached hydrogens (tertiary/aromatic N) is 1. The third-order valence-corrected chi connectivity index (χ3v) is 6.11. The van der Waals surface area contributed by atoms with Crippen LogP contribution in [-0.4, -0.2) is 42.3 Å². The van der Waals surface area contributed by atoms with Crippen LogP contribution in [0.25, 0.3) is 0 Å². The third kappa shape index (κ3) is 6.05. The smallest absolute Gasteiger partial charge is 0.253 e. The lowest BCUT2D eigenvalue weighted by Crippen LogP contribution is -2.46. The molecule has 1 saturated carbocycles. The summed E-state index contributed by atoms with van der Waals surface area (Å²) >= 11 is 0. The molecule has 3 rings (SSSR count). The molecule has 1 aromatic carbocycles. The second-order valence-corrected chi connectivity index (χ2v) is 8.32. The van der Waals surface area contributed by atoms with E-state index in [1.54, 1.807) is 36.1 Å². The first-order chi connectivity index (χ1) is 14.1. The van der Waals surface area contributed by atoms with Crippen molar-refractivity contribution in [1.29, 1.82) is 0 Å². The predicted molar refractivity (Wildman–Crippen MR) is 114 cm³/mol. The Kier molecular flexibility index (Phi) is 7.67. The van der Waals surface area contributed by atoms with Crippen LogP contribution >= 0.6 is 0 Å². The first-order valence-corrected chi connectivity index (χ1v) is 11.0. The number of likely N-dealkylation sites (tertiary alicyclic amines) is 1. The molecule has 2 N–H and O–H groups in total. The minimum Gasteiger partial charge on any atom is -0.356 e. The van der Waals surface area contributed by atoms with E-state index in [-0.39, 0.29) is 23.6 Å². The zero-order chi connectivity index (χ0) is 20.6. The largest absolute Gasteiger partial charge is 0.356 e. The molecule has 6 nitrogen and oxygen atoms in total. The molecule has 1 atom stereocenters. The van der Waals surface area contributed by atoms with Crippen molar-refractivity contribution >= 4 is 23.4 Å². The van der Waals surface area contributed by atoms with Crippen molar-refractivity contribution in [2.24, 2.45) is 11.8 Å². The van der Waals surface area contributed by atoms with Gasteiger partial charge in [-0.1, -0.05) is 26.2 Å². The molecule has 1 unspecified atom stereocenters. The van der Waals surface area contributed by atoms with Crippen molar-refractivity contribution in [2.45, 2.75) is 58.3 Å². The summed E-state index contributed by atoms with van der Waals surface area (Å²) in [6.07, 6.45) is 8.38. The standard InChI is InChI=1S/C23H33N3O3/c1-2-21(27)25-20-12-10-18(11-13-20)23(29)26-14-6-9-19(16-26)22(28)24-15-17-7-4-3-5-8-17/h10-13,17,19H,2-9,14-16H2,1H3,(H,24,28)(H,25,27). The molecular formula is C23H33N3O3. The summed E-state index contributed by atoms with van der Waals surface area (Å²) in [7, 11) is 0. The quantitative estimate of drug-likeness (QED) is 0.767. The predicted octanol–water partition coefficient (Wildman–Crippen LogP) is 3.58. The fraction of sp³-hybridized carbons (Fsp3) is 0.609. The first-order valence-electron chi connectivity index (χ1n) is 11.0. The van der Waals surface area contributed by atoms with Crippen LogP contribution < -0.4 is 10.6 Å². The second kappa shape index (κ2) is 10.4. The average Bonchev–Trinajstić information content (AvgIpc) is 2.78. The van der Waals surface area contributed by atoms with Crippen LogP contribution in [0.2, 0.25) is 0 Å². The molecule has 6 heteroatoms. The maximum absolute atomic E-state index is 12.9. The fourth-order valence-corrected chi connectivity index (χ4v) is 4.28. The third-order valence-electron chi connectivity index (χ3n) is 6.11. The van der Waals surface area contributed by atoms with Gasteiger partial charge in [0.25, 0.3) is 5.91 Å². The number of amides is 3. The number of hydrogen-bond donors (Lipinski definition) is 2. The maximum Gasteiger partial charge on any atom is 0.253 e. The highest BCUT2D eigenvalue weighted by molar-refractivity contribution is 5.96. The molecule has 158 valence electrons. The number of carbonyl (C=O) groups excluding carboxylic acids is 3. The van der Waals surface area contributed by atoms with Crippen LogP contribution in [-0.2, 0) is 9.59 Å². The fourth-order valence-electron chi connectivity index (χ4n) is 4.28. The molecule has 0 bridgehead atoms. The molecule has 1 saturated heterocycles. The molecule has 0 spiro atoms. The maximum atomic E-state index is 12.9. The van der Waals surface area contributed by atoms with Crippen molar-refractivity contribution in [3.05, 3.63) is 29.8 Å². The Morgan fingerprint density at radius 1 is 1.00 bits per heavy atom. The van der Waals surface area contributed by atoms with Gasteiger partial charge in [-0.25, -0.2) is 0 Å². The lowest BCUT2D eigenvalue weighted by atomic mass is 9.89. The van der Waals surface area contributed by atoms with Gasteiger partial charge in [-0.3, -0.25) is 14.4 Å². The Morgan fingerprint density at radius 2 is 1.72 bits per heavy atom. The summed E-state index contributed by atoms with van der Waals surface area (Å²) in [5, 5.41) is 5.92. The van der Waals surface area contributed by atoms with Gasteiger partial charge in [0.1, 0.15) is 0 Å². The Balaban J connectivity index is 1.51. The van der Waals surface area contributed by atoms with Crippen LogP contribution in [0, 0.1) is 11.8 Å². The number of anilines is 1. The normalized spacial score (nSPS) is 20.2. The molecular weight excluding hydrogens is 366 g/mol. The number of rotatable bonds is 6. The van der Waals surface area contributed by atoms with E-state index in [0.29, 0.717) is 36.7 Å². The van der Waals surface area contributed by atoms with Crippen molar-refractivity contribution in [3.63, 3.8) is 0 Å². The second-order valence-electron chi connectivity index (χ2n) is 8.32. The summed E-state index contributed by atoms with van der Waals surface area (Å²) in [5.41, 5.74) is 1.27. The Labute approximate surface area is 173 Å². The van der Waals surface area contributed by atoms with Crippen molar-refractivity contribution in [3.8, 4) is 0 Å². The number of hydrogen-bond acceptors (Lipinski definition) is 3. The zero-order valence-electron chi connectivity index (χ0n) is 17.4. The van der Waals surface area contributed by atoms with E-state index in [1.807, 2.05) is 0 Å². The molecule has 2 fully saturated rings. The van der Waals surface area contributed by atoms with Gasteiger partial charge in [0.15, 0.2) is 0 Å². The molecule has 0 aromatic heterocycles. The van der Waals surface area contributed by atoms with Gasteiger partial charge in [0.05, 0.1) is 5.92 Å².